The molecule has 3 rings (SSSR count). The van der Waals surface area contributed by atoms with Gasteiger partial charge in [-0.1, -0.05) is 12.1 Å². The van der Waals surface area contributed by atoms with Gasteiger partial charge in [-0.05, 0) is 30.7 Å². The minimum Gasteiger partial charge on any atom is -0.250 e. The lowest BCUT2D eigenvalue weighted by Crippen LogP contribution is -1.94. The van der Waals surface area contributed by atoms with E-state index in [2.05, 4.69) is 34.3 Å². The van der Waals surface area contributed by atoms with Crippen LogP contribution in [0.3, 0.4) is 0 Å². The normalized spacial score (nSPS) is 10.7. The standard InChI is InChI=1S/C14H13N3S/c1-11-15-10-14(18-11)9-12-3-5-13(6-4-12)17-8-2-7-16-17/h2-8,10H,9H2,1H3. The second-order valence-electron chi connectivity index (χ2n) is 4.14. The summed E-state index contributed by atoms with van der Waals surface area (Å²) in [6.45, 7) is 2.04. The third-order valence-corrected chi connectivity index (χ3v) is 3.67. The van der Waals surface area contributed by atoms with Crippen LogP contribution >= 0.6 is 11.3 Å². The van der Waals surface area contributed by atoms with Crippen LogP contribution in [-0.2, 0) is 6.42 Å². The molecule has 0 N–H and O–H groups in total. The van der Waals surface area contributed by atoms with Gasteiger partial charge in [0, 0.05) is 29.9 Å². The quantitative estimate of drug-likeness (QED) is 0.719. The molecule has 0 radical (unpaired) electrons. The van der Waals surface area contributed by atoms with E-state index >= 15 is 0 Å². The van der Waals surface area contributed by atoms with Gasteiger partial charge in [-0.3, -0.25) is 0 Å². The fourth-order valence-corrected chi connectivity index (χ4v) is 2.71. The predicted octanol–water partition coefficient (Wildman–Crippen LogP) is 3.23. The Morgan fingerprint density at radius 3 is 2.67 bits per heavy atom. The first-order valence-corrected chi connectivity index (χ1v) is 6.63. The maximum absolute atomic E-state index is 4.28. The number of aryl methyl sites for hydroxylation is 1. The fourth-order valence-electron chi connectivity index (χ4n) is 1.88. The van der Waals surface area contributed by atoms with Crippen molar-refractivity contribution in [3.8, 4) is 5.69 Å². The third-order valence-electron chi connectivity index (χ3n) is 2.75. The van der Waals surface area contributed by atoms with Gasteiger partial charge < -0.3 is 0 Å². The third kappa shape index (κ3) is 2.33. The lowest BCUT2D eigenvalue weighted by molar-refractivity contribution is 0.879. The summed E-state index contributed by atoms with van der Waals surface area (Å²) in [6.07, 6.45) is 6.64. The predicted molar refractivity (Wildman–Crippen MR) is 73.2 cm³/mol. The molecule has 0 saturated carbocycles. The number of nitrogens with zero attached hydrogens (tertiary/aromatic N) is 3. The molecule has 0 spiro atoms. The zero-order chi connectivity index (χ0) is 12.4. The molecule has 3 nitrogen and oxygen atoms in total. The van der Waals surface area contributed by atoms with Crippen molar-refractivity contribution in [2.75, 3.05) is 0 Å². The molecule has 0 bridgehead atoms. The minimum absolute atomic E-state index is 0.949. The van der Waals surface area contributed by atoms with Crippen molar-refractivity contribution in [1.29, 1.82) is 0 Å². The molecule has 0 saturated heterocycles. The van der Waals surface area contributed by atoms with Crippen molar-refractivity contribution in [1.82, 2.24) is 14.8 Å². The molecule has 0 aliphatic rings. The molecule has 2 aromatic heterocycles. The van der Waals surface area contributed by atoms with Crippen LogP contribution in [-0.4, -0.2) is 14.8 Å². The molecule has 0 amide bonds. The Balaban J connectivity index is 1.79. The van der Waals surface area contributed by atoms with Crippen LogP contribution in [0.5, 0.6) is 0 Å². The van der Waals surface area contributed by atoms with Crippen molar-refractivity contribution < 1.29 is 0 Å². The number of benzene rings is 1. The molecule has 0 fully saturated rings. The molecule has 18 heavy (non-hydrogen) atoms. The van der Waals surface area contributed by atoms with Gasteiger partial charge in [0.1, 0.15) is 0 Å². The molecule has 2 heterocycles. The highest BCUT2D eigenvalue weighted by Gasteiger charge is 2.01. The number of hydrogen-bond acceptors (Lipinski definition) is 3. The van der Waals surface area contributed by atoms with Gasteiger partial charge >= 0.3 is 0 Å². The summed E-state index contributed by atoms with van der Waals surface area (Å²) in [4.78, 5) is 5.58. The topological polar surface area (TPSA) is 30.7 Å². The Labute approximate surface area is 110 Å². The summed E-state index contributed by atoms with van der Waals surface area (Å²) in [7, 11) is 0. The number of aromatic nitrogens is 3. The van der Waals surface area contributed by atoms with Crippen LogP contribution < -0.4 is 0 Å². The van der Waals surface area contributed by atoms with Crippen molar-refractivity contribution in [3.05, 3.63) is 64.4 Å². The second kappa shape index (κ2) is 4.74. The Morgan fingerprint density at radius 1 is 1.22 bits per heavy atom. The van der Waals surface area contributed by atoms with Crippen LogP contribution in [0, 0.1) is 6.92 Å². The monoisotopic (exact) mass is 255 g/mol. The van der Waals surface area contributed by atoms with Crippen molar-refractivity contribution in [3.63, 3.8) is 0 Å². The lowest BCUT2D eigenvalue weighted by atomic mass is 10.1. The zero-order valence-corrected chi connectivity index (χ0v) is 10.9. The van der Waals surface area contributed by atoms with E-state index in [0.717, 1.165) is 17.1 Å². The smallest absolute Gasteiger partial charge is 0.0896 e. The van der Waals surface area contributed by atoms with Crippen molar-refractivity contribution >= 4 is 11.3 Å². The van der Waals surface area contributed by atoms with E-state index in [4.69, 9.17) is 0 Å². The van der Waals surface area contributed by atoms with Gasteiger partial charge in [-0.15, -0.1) is 11.3 Å². The Bertz CT molecular complexity index is 623. The SMILES string of the molecule is Cc1ncc(Cc2ccc(-n3cccn3)cc2)s1. The molecule has 1 aromatic carbocycles. The van der Waals surface area contributed by atoms with Gasteiger partial charge in [0.15, 0.2) is 0 Å². The van der Waals surface area contributed by atoms with E-state index in [1.165, 1.54) is 10.4 Å². The van der Waals surface area contributed by atoms with E-state index in [-0.39, 0.29) is 0 Å². The molecule has 3 aromatic rings. The van der Waals surface area contributed by atoms with Gasteiger partial charge in [-0.25, -0.2) is 9.67 Å². The Morgan fingerprint density at radius 2 is 2.06 bits per heavy atom. The number of rotatable bonds is 3. The first kappa shape index (κ1) is 11.2. The summed E-state index contributed by atoms with van der Waals surface area (Å²) in [5.74, 6) is 0. The second-order valence-corrected chi connectivity index (χ2v) is 5.46. The number of hydrogen-bond donors (Lipinski definition) is 0. The largest absolute Gasteiger partial charge is 0.250 e. The molecule has 0 aliphatic heterocycles. The average Bonchev–Trinajstić information content (AvgIpc) is 3.02. The summed E-state index contributed by atoms with van der Waals surface area (Å²) < 4.78 is 1.86. The summed E-state index contributed by atoms with van der Waals surface area (Å²) in [5.41, 5.74) is 2.39. The lowest BCUT2D eigenvalue weighted by Gasteiger charge is -2.03. The maximum atomic E-state index is 4.28. The molecule has 0 aliphatic carbocycles. The van der Waals surface area contributed by atoms with Crippen LogP contribution in [0.2, 0.25) is 0 Å². The number of thiazole rings is 1. The Hall–Kier alpha value is -1.94. The van der Waals surface area contributed by atoms with Crippen molar-refractivity contribution in [2.24, 2.45) is 0 Å². The molecule has 0 unspecified atom stereocenters. The van der Waals surface area contributed by atoms with E-state index in [1.54, 1.807) is 17.5 Å². The highest BCUT2D eigenvalue weighted by atomic mass is 32.1. The molecular formula is C14H13N3S. The fraction of sp³-hybridized carbons (Fsp3) is 0.143. The van der Waals surface area contributed by atoms with E-state index < -0.39 is 0 Å². The van der Waals surface area contributed by atoms with Gasteiger partial charge in [0.25, 0.3) is 0 Å². The van der Waals surface area contributed by atoms with Crippen LogP contribution in [0.1, 0.15) is 15.4 Å². The highest BCUT2D eigenvalue weighted by molar-refractivity contribution is 7.11. The van der Waals surface area contributed by atoms with E-state index in [1.807, 2.05) is 30.1 Å². The van der Waals surface area contributed by atoms with Gasteiger partial charge in [0.05, 0.1) is 10.7 Å². The summed E-state index contributed by atoms with van der Waals surface area (Å²) >= 11 is 1.76. The Kier molecular flexibility index (Phi) is 2.94. The van der Waals surface area contributed by atoms with Crippen molar-refractivity contribution in [2.45, 2.75) is 13.3 Å². The van der Waals surface area contributed by atoms with Crippen LogP contribution in [0.25, 0.3) is 5.69 Å². The molecular weight excluding hydrogens is 242 g/mol. The van der Waals surface area contributed by atoms with Crippen LogP contribution in [0.4, 0.5) is 0 Å². The van der Waals surface area contributed by atoms with E-state index in [0.29, 0.717) is 0 Å². The summed E-state index contributed by atoms with van der Waals surface area (Å²) in [6, 6.07) is 10.4. The zero-order valence-electron chi connectivity index (χ0n) is 10.1. The first-order valence-electron chi connectivity index (χ1n) is 5.81. The van der Waals surface area contributed by atoms with E-state index in [9.17, 15) is 0 Å². The molecule has 0 atom stereocenters. The molecule has 90 valence electrons. The first-order chi connectivity index (χ1) is 8.81. The van der Waals surface area contributed by atoms with Crippen LogP contribution in [0.15, 0.2) is 48.9 Å². The average molecular weight is 255 g/mol. The summed E-state index contributed by atoms with van der Waals surface area (Å²) in [5, 5.41) is 5.34. The van der Waals surface area contributed by atoms with Gasteiger partial charge in [-0.2, -0.15) is 5.10 Å². The molecule has 4 heteroatoms. The highest BCUT2D eigenvalue weighted by Crippen LogP contribution is 2.17. The maximum Gasteiger partial charge on any atom is 0.0896 e. The minimum atomic E-state index is 0.949. The van der Waals surface area contributed by atoms with Gasteiger partial charge in [0.2, 0.25) is 0 Å².